The molecule has 0 bridgehead atoms. The molecule has 0 amide bonds. The van der Waals surface area contributed by atoms with Crippen molar-refractivity contribution in [1.29, 1.82) is 0 Å². The second-order valence-corrected chi connectivity index (χ2v) is 6.60. The van der Waals surface area contributed by atoms with Gasteiger partial charge in [-0.05, 0) is 36.8 Å². The van der Waals surface area contributed by atoms with E-state index in [4.69, 9.17) is 0 Å². The van der Waals surface area contributed by atoms with E-state index in [0.717, 1.165) is 5.39 Å². The van der Waals surface area contributed by atoms with Crippen molar-refractivity contribution in [2.45, 2.75) is 18.2 Å². The Balaban J connectivity index is 2.36. The Kier molecular flexibility index (Phi) is 3.22. The average molecular weight is 301 g/mol. The van der Waals surface area contributed by atoms with Gasteiger partial charge in [0.1, 0.15) is 5.75 Å². The van der Waals surface area contributed by atoms with Crippen LogP contribution in [0.3, 0.4) is 0 Å². The molecule has 0 aliphatic rings. The van der Waals surface area contributed by atoms with Gasteiger partial charge in [-0.15, -0.1) is 0 Å². The Morgan fingerprint density at radius 3 is 2.43 bits per heavy atom. The van der Waals surface area contributed by atoms with Gasteiger partial charge in [-0.2, -0.15) is 0 Å². The maximum absolute atomic E-state index is 12.9. The van der Waals surface area contributed by atoms with Gasteiger partial charge in [-0.25, -0.2) is 12.4 Å². The van der Waals surface area contributed by atoms with Gasteiger partial charge in [0.2, 0.25) is 0 Å². The molecule has 5 heteroatoms. The molecule has 1 heterocycles. The summed E-state index contributed by atoms with van der Waals surface area (Å²) in [5, 5.41) is 10.5. The first-order valence-corrected chi connectivity index (χ1v) is 8.12. The Labute approximate surface area is 123 Å². The number of aryl methyl sites for hydroxylation is 1. The number of aromatic hydroxyl groups is 1. The molecule has 2 aromatic carbocycles. The van der Waals surface area contributed by atoms with Gasteiger partial charge in [0.15, 0.2) is 0 Å². The highest BCUT2D eigenvalue weighted by molar-refractivity contribution is 7.90. The molecule has 4 nitrogen and oxygen atoms in total. The Bertz CT molecular complexity index is 896. The maximum Gasteiger partial charge on any atom is 0.268 e. The third kappa shape index (κ3) is 2.19. The van der Waals surface area contributed by atoms with E-state index in [1.54, 1.807) is 42.5 Å². The van der Waals surface area contributed by atoms with Crippen molar-refractivity contribution in [3.8, 4) is 5.75 Å². The van der Waals surface area contributed by atoms with E-state index in [1.807, 2.05) is 13.0 Å². The fourth-order valence-electron chi connectivity index (χ4n) is 2.45. The third-order valence-electron chi connectivity index (χ3n) is 3.46. The lowest BCUT2D eigenvalue weighted by Gasteiger charge is -2.11. The monoisotopic (exact) mass is 301 g/mol. The van der Waals surface area contributed by atoms with Gasteiger partial charge in [0, 0.05) is 17.1 Å². The Morgan fingerprint density at radius 2 is 1.76 bits per heavy atom. The van der Waals surface area contributed by atoms with Gasteiger partial charge in [-0.1, -0.05) is 25.1 Å². The summed E-state index contributed by atoms with van der Waals surface area (Å²) in [6, 6.07) is 14.9. The molecule has 0 atom stereocenters. The van der Waals surface area contributed by atoms with Crippen LogP contribution in [0.15, 0.2) is 59.5 Å². The van der Waals surface area contributed by atoms with Crippen LogP contribution in [0.4, 0.5) is 0 Å². The number of hydrogen-bond acceptors (Lipinski definition) is 3. The molecule has 3 aromatic rings. The minimum atomic E-state index is -3.68. The van der Waals surface area contributed by atoms with Crippen LogP contribution in [-0.2, 0) is 16.4 Å². The van der Waals surface area contributed by atoms with Crippen molar-refractivity contribution in [3.05, 3.63) is 60.3 Å². The number of fused-ring (bicyclic) bond motifs is 1. The zero-order valence-electron chi connectivity index (χ0n) is 11.5. The van der Waals surface area contributed by atoms with Gasteiger partial charge >= 0.3 is 0 Å². The van der Waals surface area contributed by atoms with Crippen molar-refractivity contribution in [2.24, 2.45) is 0 Å². The first-order chi connectivity index (χ1) is 10.0. The normalized spacial score (nSPS) is 11.9. The lowest BCUT2D eigenvalue weighted by molar-refractivity contribution is 0.476. The molecule has 0 unspecified atom stereocenters. The standard InChI is InChI=1S/C16H15NO3S/c1-2-13-10-12-8-9-14(18)11-16(12)17(13)21(19,20)15-6-4-3-5-7-15/h3-11,18H,2H2,1H3. The number of phenols is 1. The summed E-state index contributed by atoms with van der Waals surface area (Å²) in [6.07, 6.45) is 0.585. The van der Waals surface area contributed by atoms with E-state index in [2.05, 4.69) is 0 Å². The minimum Gasteiger partial charge on any atom is -0.508 e. The molecule has 21 heavy (non-hydrogen) atoms. The summed E-state index contributed by atoms with van der Waals surface area (Å²) < 4.78 is 27.1. The summed E-state index contributed by atoms with van der Waals surface area (Å²) >= 11 is 0. The van der Waals surface area contributed by atoms with E-state index in [1.165, 1.54) is 10.0 Å². The Hall–Kier alpha value is -2.27. The summed E-state index contributed by atoms with van der Waals surface area (Å²) in [5.74, 6) is 0.0489. The van der Waals surface area contributed by atoms with E-state index in [-0.39, 0.29) is 10.6 Å². The molecule has 3 rings (SSSR count). The molecule has 0 spiro atoms. The molecular formula is C16H15NO3S. The number of benzene rings is 2. The topological polar surface area (TPSA) is 59.3 Å². The molecule has 0 saturated heterocycles. The highest BCUT2D eigenvalue weighted by atomic mass is 32.2. The van der Waals surface area contributed by atoms with Gasteiger partial charge in [0.25, 0.3) is 10.0 Å². The molecule has 1 aromatic heterocycles. The molecule has 108 valence electrons. The van der Waals surface area contributed by atoms with Crippen LogP contribution in [0, 0.1) is 0 Å². The molecule has 0 saturated carbocycles. The summed E-state index contributed by atoms with van der Waals surface area (Å²) in [7, 11) is -3.68. The first-order valence-electron chi connectivity index (χ1n) is 6.68. The lowest BCUT2D eigenvalue weighted by atomic mass is 10.2. The third-order valence-corrected chi connectivity index (χ3v) is 5.24. The Morgan fingerprint density at radius 1 is 1.05 bits per heavy atom. The molecule has 0 radical (unpaired) electrons. The zero-order chi connectivity index (χ0) is 15.0. The van der Waals surface area contributed by atoms with Crippen LogP contribution in [0.5, 0.6) is 5.75 Å². The molecule has 0 aliphatic carbocycles. The second kappa shape index (κ2) is 4.93. The first kappa shape index (κ1) is 13.7. The lowest BCUT2D eigenvalue weighted by Crippen LogP contribution is -2.15. The summed E-state index contributed by atoms with van der Waals surface area (Å²) in [4.78, 5) is 0.237. The predicted octanol–water partition coefficient (Wildman–Crippen LogP) is 3.15. The van der Waals surface area contributed by atoms with Crippen LogP contribution < -0.4 is 0 Å². The van der Waals surface area contributed by atoms with E-state index < -0.39 is 10.0 Å². The minimum absolute atomic E-state index is 0.0489. The number of rotatable bonds is 3. The van der Waals surface area contributed by atoms with Crippen LogP contribution in [0.1, 0.15) is 12.6 Å². The van der Waals surface area contributed by atoms with Crippen LogP contribution in [0.25, 0.3) is 10.9 Å². The maximum atomic E-state index is 12.9. The number of hydrogen-bond donors (Lipinski definition) is 1. The largest absolute Gasteiger partial charge is 0.508 e. The van der Waals surface area contributed by atoms with Gasteiger partial charge < -0.3 is 5.11 Å². The fraction of sp³-hybridized carbons (Fsp3) is 0.125. The number of phenolic OH excluding ortho intramolecular Hbond substituents is 1. The number of nitrogens with zero attached hydrogens (tertiary/aromatic N) is 1. The predicted molar refractivity (Wildman–Crippen MR) is 82.0 cm³/mol. The van der Waals surface area contributed by atoms with E-state index >= 15 is 0 Å². The molecular weight excluding hydrogens is 286 g/mol. The molecule has 0 aliphatic heterocycles. The average Bonchev–Trinajstić information content (AvgIpc) is 2.86. The van der Waals surface area contributed by atoms with Crippen molar-refractivity contribution in [3.63, 3.8) is 0 Å². The van der Waals surface area contributed by atoms with Gasteiger partial charge in [0.05, 0.1) is 10.4 Å². The van der Waals surface area contributed by atoms with E-state index in [9.17, 15) is 13.5 Å². The molecule has 0 fully saturated rings. The van der Waals surface area contributed by atoms with Gasteiger partial charge in [-0.3, -0.25) is 0 Å². The fourth-order valence-corrected chi connectivity index (χ4v) is 4.07. The van der Waals surface area contributed by atoms with Crippen LogP contribution in [0.2, 0.25) is 0 Å². The summed E-state index contributed by atoms with van der Waals surface area (Å²) in [5.41, 5.74) is 1.19. The number of aromatic nitrogens is 1. The zero-order valence-corrected chi connectivity index (χ0v) is 12.3. The van der Waals surface area contributed by atoms with Crippen LogP contribution >= 0.6 is 0 Å². The van der Waals surface area contributed by atoms with Crippen LogP contribution in [-0.4, -0.2) is 17.5 Å². The van der Waals surface area contributed by atoms with E-state index in [0.29, 0.717) is 17.6 Å². The SMILES string of the molecule is CCc1cc2ccc(O)cc2n1S(=O)(=O)c1ccccc1. The summed E-state index contributed by atoms with van der Waals surface area (Å²) in [6.45, 7) is 1.91. The highest BCUT2D eigenvalue weighted by Gasteiger charge is 2.22. The van der Waals surface area contributed by atoms with Crippen molar-refractivity contribution >= 4 is 20.9 Å². The van der Waals surface area contributed by atoms with Crippen molar-refractivity contribution in [1.82, 2.24) is 3.97 Å². The van der Waals surface area contributed by atoms with Crippen molar-refractivity contribution < 1.29 is 13.5 Å². The smallest absolute Gasteiger partial charge is 0.268 e. The highest BCUT2D eigenvalue weighted by Crippen LogP contribution is 2.28. The quantitative estimate of drug-likeness (QED) is 0.808. The van der Waals surface area contributed by atoms with Crippen molar-refractivity contribution in [2.75, 3.05) is 0 Å². The molecule has 1 N–H and O–H groups in total. The second-order valence-electron chi connectivity index (χ2n) is 4.81.